The van der Waals surface area contributed by atoms with Crippen molar-refractivity contribution in [2.45, 2.75) is 32.9 Å². The minimum Gasteiger partial charge on any atom is -0.373 e. The van der Waals surface area contributed by atoms with Crippen molar-refractivity contribution >= 4 is 17.4 Å². The van der Waals surface area contributed by atoms with Crippen molar-refractivity contribution < 1.29 is 0 Å². The number of nitrogens with zero attached hydrogens (tertiary/aromatic N) is 2. The third kappa shape index (κ3) is 5.44. The monoisotopic (exact) mass is 291 g/mol. The van der Waals surface area contributed by atoms with Gasteiger partial charge in [0, 0.05) is 31.4 Å². The van der Waals surface area contributed by atoms with Gasteiger partial charge in [0.2, 0.25) is 0 Å². The molecule has 0 unspecified atom stereocenters. The van der Waals surface area contributed by atoms with E-state index < -0.39 is 0 Å². The fourth-order valence-corrected chi connectivity index (χ4v) is 2.29. The quantitative estimate of drug-likeness (QED) is 0.873. The van der Waals surface area contributed by atoms with E-state index in [4.69, 9.17) is 0 Å². The van der Waals surface area contributed by atoms with Gasteiger partial charge in [-0.2, -0.15) is 17.0 Å². The van der Waals surface area contributed by atoms with Crippen molar-refractivity contribution in [1.82, 2.24) is 5.32 Å². The molecular formula is C16H25N3S. The maximum atomic E-state index is 9.34. The second kappa shape index (κ2) is 7.56. The van der Waals surface area contributed by atoms with Crippen molar-refractivity contribution in [2.24, 2.45) is 0 Å². The fraction of sp³-hybridized carbons (Fsp3) is 0.562. The van der Waals surface area contributed by atoms with Crippen molar-refractivity contribution in [3.63, 3.8) is 0 Å². The van der Waals surface area contributed by atoms with Crippen LogP contribution in [0.4, 0.5) is 5.69 Å². The summed E-state index contributed by atoms with van der Waals surface area (Å²) in [5.41, 5.74) is 3.00. The Balaban J connectivity index is 2.83. The highest BCUT2D eigenvalue weighted by Gasteiger charge is 2.11. The molecule has 0 radical (unpaired) electrons. The number of nitrogens with one attached hydrogen (secondary N) is 1. The number of anilines is 1. The van der Waals surface area contributed by atoms with E-state index in [1.165, 1.54) is 0 Å². The summed E-state index contributed by atoms with van der Waals surface area (Å²) in [5, 5.41) is 12.8. The second-order valence-electron chi connectivity index (χ2n) is 5.98. The number of nitriles is 1. The summed E-state index contributed by atoms with van der Waals surface area (Å²) in [6.45, 7) is 8.16. The Hall–Kier alpha value is -1.18. The number of thioether (sulfide) groups is 1. The Morgan fingerprint density at radius 2 is 2.05 bits per heavy atom. The second-order valence-corrected chi connectivity index (χ2v) is 6.97. The van der Waals surface area contributed by atoms with Gasteiger partial charge in [-0.05, 0) is 44.7 Å². The Kier molecular flexibility index (Phi) is 6.38. The van der Waals surface area contributed by atoms with E-state index in [-0.39, 0.29) is 5.54 Å². The van der Waals surface area contributed by atoms with Crippen LogP contribution < -0.4 is 10.2 Å². The molecule has 110 valence electrons. The number of hydrogen-bond acceptors (Lipinski definition) is 4. The lowest BCUT2D eigenvalue weighted by molar-refractivity contribution is 0.424. The summed E-state index contributed by atoms with van der Waals surface area (Å²) in [7, 11) is 2.04. The lowest BCUT2D eigenvalue weighted by Gasteiger charge is -2.22. The van der Waals surface area contributed by atoms with Crippen LogP contribution in [0, 0.1) is 11.3 Å². The number of rotatable bonds is 6. The molecule has 0 aliphatic carbocycles. The first-order chi connectivity index (χ1) is 9.37. The highest BCUT2D eigenvalue weighted by molar-refractivity contribution is 7.98. The molecule has 0 aromatic heterocycles. The van der Waals surface area contributed by atoms with Crippen LogP contribution in [0.25, 0.3) is 0 Å². The maximum absolute atomic E-state index is 9.34. The lowest BCUT2D eigenvalue weighted by Crippen LogP contribution is -2.35. The molecule has 0 bridgehead atoms. The van der Waals surface area contributed by atoms with Crippen LogP contribution in [-0.4, -0.2) is 31.1 Å². The summed E-state index contributed by atoms with van der Waals surface area (Å²) >= 11 is 1.82. The molecule has 1 rings (SSSR count). The molecule has 20 heavy (non-hydrogen) atoms. The van der Waals surface area contributed by atoms with E-state index in [9.17, 15) is 5.26 Å². The van der Waals surface area contributed by atoms with E-state index in [1.807, 2.05) is 24.9 Å². The van der Waals surface area contributed by atoms with Crippen LogP contribution in [-0.2, 0) is 6.54 Å². The minimum atomic E-state index is 0.0839. The molecule has 1 aromatic carbocycles. The molecule has 0 amide bonds. The zero-order valence-corrected chi connectivity index (χ0v) is 14.0. The Labute approximate surface area is 127 Å². The van der Waals surface area contributed by atoms with Gasteiger partial charge in [0.1, 0.15) is 6.07 Å². The third-order valence-corrected chi connectivity index (χ3v) is 3.64. The molecule has 0 saturated carbocycles. The van der Waals surface area contributed by atoms with Crippen LogP contribution in [0.15, 0.2) is 18.2 Å². The highest BCUT2D eigenvalue weighted by atomic mass is 32.2. The zero-order valence-electron chi connectivity index (χ0n) is 13.2. The van der Waals surface area contributed by atoms with Crippen molar-refractivity contribution in [3.8, 4) is 6.07 Å². The summed E-state index contributed by atoms with van der Waals surface area (Å²) in [4.78, 5) is 2.15. The van der Waals surface area contributed by atoms with Crippen LogP contribution in [0.5, 0.6) is 0 Å². The summed E-state index contributed by atoms with van der Waals surface area (Å²) in [5.74, 6) is 1.06. The molecular weight excluding hydrogens is 266 g/mol. The van der Waals surface area contributed by atoms with Gasteiger partial charge < -0.3 is 10.2 Å². The van der Waals surface area contributed by atoms with Crippen LogP contribution in [0.3, 0.4) is 0 Å². The highest BCUT2D eigenvalue weighted by Crippen LogP contribution is 2.21. The van der Waals surface area contributed by atoms with Crippen LogP contribution >= 0.6 is 11.8 Å². The number of hydrogen-bond donors (Lipinski definition) is 1. The molecule has 1 aromatic rings. The smallest absolute Gasteiger partial charge is 0.101 e. The van der Waals surface area contributed by atoms with Crippen molar-refractivity contribution in [3.05, 3.63) is 29.3 Å². The molecule has 0 aliphatic rings. The molecule has 4 heteroatoms. The summed E-state index contributed by atoms with van der Waals surface area (Å²) in [6.07, 6.45) is 2.10. The molecule has 0 spiro atoms. The third-order valence-electron chi connectivity index (χ3n) is 3.05. The molecule has 0 fully saturated rings. The number of benzene rings is 1. The van der Waals surface area contributed by atoms with Gasteiger partial charge in [0.15, 0.2) is 0 Å². The average Bonchev–Trinajstić information content (AvgIpc) is 2.41. The first-order valence-corrected chi connectivity index (χ1v) is 8.25. The van der Waals surface area contributed by atoms with E-state index in [1.54, 1.807) is 0 Å². The van der Waals surface area contributed by atoms with Gasteiger partial charge in [0.25, 0.3) is 0 Å². The largest absolute Gasteiger partial charge is 0.373 e. The van der Waals surface area contributed by atoms with Gasteiger partial charge in [-0.1, -0.05) is 6.07 Å². The standard InChI is InChI=1S/C16H25N3S/c1-16(2,3)18-12-13-6-7-15(14(10-13)11-17)19(4)8-9-20-5/h6-7,10,18H,8-9,12H2,1-5H3. The van der Waals surface area contributed by atoms with Crippen molar-refractivity contribution in [1.29, 1.82) is 5.26 Å². The van der Waals surface area contributed by atoms with Crippen LogP contribution in [0.2, 0.25) is 0 Å². The molecule has 1 N–H and O–H groups in total. The Bertz CT molecular complexity index is 472. The predicted molar refractivity (Wildman–Crippen MR) is 89.4 cm³/mol. The summed E-state index contributed by atoms with van der Waals surface area (Å²) < 4.78 is 0. The molecule has 0 aliphatic heterocycles. The van der Waals surface area contributed by atoms with Gasteiger partial charge in [-0.3, -0.25) is 0 Å². The predicted octanol–water partition coefficient (Wildman–Crippen LogP) is 3.25. The first-order valence-electron chi connectivity index (χ1n) is 6.85. The fourth-order valence-electron chi connectivity index (χ4n) is 1.83. The van der Waals surface area contributed by atoms with Gasteiger partial charge in [0.05, 0.1) is 11.3 Å². The lowest BCUT2D eigenvalue weighted by atomic mass is 10.1. The van der Waals surface area contributed by atoms with Crippen molar-refractivity contribution in [2.75, 3.05) is 30.5 Å². The van der Waals surface area contributed by atoms with E-state index in [0.717, 1.165) is 35.7 Å². The molecule has 0 atom stereocenters. The Morgan fingerprint density at radius 1 is 1.35 bits per heavy atom. The van der Waals surface area contributed by atoms with Crippen LogP contribution in [0.1, 0.15) is 31.9 Å². The van der Waals surface area contributed by atoms with Gasteiger partial charge in [-0.15, -0.1) is 0 Å². The minimum absolute atomic E-state index is 0.0839. The molecule has 0 heterocycles. The van der Waals surface area contributed by atoms with Gasteiger partial charge >= 0.3 is 0 Å². The van der Waals surface area contributed by atoms with E-state index >= 15 is 0 Å². The summed E-state index contributed by atoms with van der Waals surface area (Å²) in [6, 6.07) is 8.46. The topological polar surface area (TPSA) is 39.1 Å². The van der Waals surface area contributed by atoms with Gasteiger partial charge in [-0.25, -0.2) is 0 Å². The first kappa shape index (κ1) is 16.9. The Morgan fingerprint density at radius 3 is 2.60 bits per heavy atom. The maximum Gasteiger partial charge on any atom is 0.101 e. The zero-order chi connectivity index (χ0) is 15.2. The SMILES string of the molecule is CSCCN(C)c1ccc(CNC(C)(C)C)cc1C#N. The molecule has 3 nitrogen and oxygen atoms in total. The van der Waals surface area contributed by atoms with E-state index in [0.29, 0.717) is 0 Å². The van der Waals surface area contributed by atoms with E-state index in [2.05, 4.69) is 55.4 Å². The average molecular weight is 291 g/mol. The normalized spacial score (nSPS) is 11.2. The molecule has 0 saturated heterocycles.